The van der Waals surface area contributed by atoms with Crippen molar-refractivity contribution in [3.63, 3.8) is 0 Å². The van der Waals surface area contributed by atoms with Crippen molar-refractivity contribution in [3.05, 3.63) is 52.4 Å². The van der Waals surface area contributed by atoms with Gasteiger partial charge in [0.05, 0.1) is 5.69 Å². The first-order valence-corrected chi connectivity index (χ1v) is 5.39. The number of hydrogen-bond acceptors (Lipinski definition) is 2. The van der Waals surface area contributed by atoms with E-state index in [2.05, 4.69) is 26.2 Å². The van der Waals surface area contributed by atoms with Gasteiger partial charge in [0.1, 0.15) is 16.2 Å². The van der Waals surface area contributed by atoms with Crippen LogP contribution >= 0.6 is 15.9 Å². The van der Waals surface area contributed by atoms with Gasteiger partial charge >= 0.3 is 0 Å². The van der Waals surface area contributed by atoms with Crippen LogP contribution in [0.2, 0.25) is 0 Å². The molecule has 1 aromatic heterocycles. The number of nitrogens with zero attached hydrogens (tertiary/aromatic N) is 1. The Morgan fingerprint density at radius 3 is 2.41 bits per heavy atom. The molecule has 2 aromatic rings. The molecule has 0 saturated carbocycles. The quantitative estimate of drug-likeness (QED) is 0.670. The van der Waals surface area contributed by atoms with Crippen molar-refractivity contribution in [2.24, 2.45) is 0 Å². The molecule has 88 valence electrons. The molecule has 0 spiro atoms. The number of hydrogen-bond donors (Lipinski definition) is 1. The molecule has 0 amide bonds. The largest absolute Gasteiger partial charge is 0.338 e. The summed E-state index contributed by atoms with van der Waals surface area (Å²) >= 11 is 3.14. The van der Waals surface area contributed by atoms with E-state index in [4.69, 9.17) is 0 Å². The Kier molecular flexibility index (Phi) is 3.33. The minimum atomic E-state index is -1.23. The third-order valence-corrected chi connectivity index (χ3v) is 2.43. The van der Waals surface area contributed by atoms with Gasteiger partial charge in [0.15, 0.2) is 11.6 Å². The highest BCUT2D eigenvalue weighted by molar-refractivity contribution is 9.10. The second-order valence-electron chi connectivity index (χ2n) is 3.22. The molecule has 0 atom stereocenters. The maximum atomic E-state index is 13.3. The lowest BCUT2D eigenvalue weighted by molar-refractivity contribution is 0.496. The van der Waals surface area contributed by atoms with Crippen molar-refractivity contribution in [3.8, 4) is 0 Å². The first-order chi connectivity index (χ1) is 8.06. The van der Waals surface area contributed by atoms with Gasteiger partial charge < -0.3 is 5.32 Å². The predicted octanol–water partition coefficient (Wildman–Crippen LogP) is 4.01. The molecule has 1 aromatic carbocycles. The zero-order valence-corrected chi connectivity index (χ0v) is 9.93. The number of pyridine rings is 1. The number of anilines is 2. The highest BCUT2D eigenvalue weighted by atomic mass is 79.9. The number of rotatable bonds is 2. The number of aromatic nitrogens is 1. The van der Waals surface area contributed by atoms with E-state index in [9.17, 15) is 13.2 Å². The topological polar surface area (TPSA) is 24.9 Å². The SMILES string of the molecule is Fc1cc(F)c(Nc2cccc(Br)n2)cc1F. The van der Waals surface area contributed by atoms with Crippen LogP contribution in [0.1, 0.15) is 0 Å². The van der Waals surface area contributed by atoms with Crippen LogP contribution in [0.15, 0.2) is 34.9 Å². The second-order valence-corrected chi connectivity index (χ2v) is 4.03. The van der Waals surface area contributed by atoms with Gasteiger partial charge in [-0.15, -0.1) is 0 Å². The van der Waals surface area contributed by atoms with Crippen molar-refractivity contribution >= 4 is 27.4 Å². The zero-order chi connectivity index (χ0) is 12.4. The molecule has 2 rings (SSSR count). The average Bonchev–Trinajstić information content (AvgIpc) is 2.26. The Morgan fingerprint density at radius 1 is 1.00 bits per heavy atom. The van der Waals surface area contributed by atoms with Crippen molar-refractivity contribution in [2.75, 3.05) is 5.32 Å². The summed E-state index contributed by atoms with van der Waals surface area (Å²) in [7, 11) is 0. The Labute approximate surface area is 104 Å². The molecule has 0 unspecified atom stereocenters. The van der Waals surface area contributed by atoms with Gasteiger partial charge in [0.2, 0.25) is 0 Å². The summed E-state index contributed by atoms with van der Waals surface area (Å²) in [6, 6.07) is 6.17. The molecule has 1 N–H and O–H groups in total. The summed E-state index contributed by atoms with van der Waals surface area (Å²) in [6.45, 7) is 0. The van der Waals surface area contributed by atoms with E-state index in [1.807, 2.05) is 0 Å². The predicted molar refractivity (Wildman–Crippen MR) is 61.5 cm³/mol. The van der Waals surface area contributed by atoms with E-state index < -0.39 is 17.5 Å². The lowest BCUT2D eigenvalue weighted by atomic mass is 10.3. The van der Waals surface area contributed by atoms with Crippen LogP contribution in [0, 0.1) is 17.5 Å². The summed E-state index contributed by atoms with van der Waals surface area (Å²) in [5.74, 6) is -2.91. The average molecular weight is 303 g/mol. The van der Waals surface area contributed by atoms with Gasteiger partial charge in [-0.3, -0.25) is 0 Å². The van der Waals surface area contributed by atoms with Gasteiger partial charge in [-0.25, -0.2) is 18.2 Å². The maximum Gasteiger partial charge on any atom is 0.161 e. The van der Waals surface area contributed by atoms with Crippen LogP contribution in [0.5, 0.6) is 0 Å². The number of halogens is 4. The van der Waals surface area contributed by atoms with E-state index in [0.717, 1.165) is 6.07 Å². The first kappa shape index (κ1) is 11.9. The molecule has 6 heteroatoms. The van der Waals surface area contributed by atoms with E-state index in [1.165, 1.54) is 0 Å². The highest BCUT2D eigenvalue weighted by Gasteiger charge is 2.10. The zero-order valence-electron chi connectivity index (χ0n) is 8.35. The molecule has 0 fully saturated rings. The third kappa shape index (κ3) is 2.76. The molecule has 0 aliphatic rings. The van der Waals surface area contributed by atoms with E-state index in [0.29, 0.717) is 16.5 Å². The Hall–Kier alpha value is -1.56. The van der Waals surface area contributed by atoms with Gasteiger partial charge in [-0.1, -0.05) is 6.07 Å². The van der Waals surface area contributed by atoms with E-state index >= 15 is 0 Å². The standard InChI is InChI=1S/C11H6BrF3N2/c12-10-2-1-3-11(17-10)16-9-5-7(14)6(13)4-8(9)15/h1-5H,(H,16,17). The summed E-state index contributed by atoms with van der Waals surface area (Å²) < 4.78 is 39.5. The number of benzene rings is 1. The molecule has 1 heterocycles. The van der Waals surface area contributed by atoms with Crippen LogP contribution in [-0.2, 0) is 0 Å². The Bertz CT molecular complexity index is 560. The monoisotopic (exact) mass is 302 g/mol. The lowest BCUT2D eigenvalue weighted by Gasteiger charge is -2.07. The fraction of sp³-hybridized carbons (Fsp3) is 0. The van der Waals surface area contributed by atoms with Gasteiger partial charge in [0, 0.05) is 12.1 Å². The van der Waals surface area contributed by atoms with E-state index in [-0.39, 0.29) is 5.69 Å². The normalized spacial score (nSPS) is 10.4. The molecule has 2 nitrogen and oxygen atoms in total. The fourth-order valence-electron chi connectivity index (χ4n) is 1.23. The molecular formula is C11H6BrF3N2. The second kappa shape index (κ2) is 4.75. The summed E-state index contributed by atoms with van der Waals surface area (Å²) in [6.07, 6.45) is 0. The first-order valence-electron chi connectivity index (χ1n) is 4.60. The summed E-state index contributed by atoms with van der Waals surface area (Å²) in [5.41, 5.74) is -0.172. The van der Waals surface area contributed by atoms with Crippen molar-refractivity contribution in [2.45, 2.75) is 0 Å². The smallest absolute Gasteiger partial charge is 0.161 e. The molecule has 0 aliphatic carbocycles. The Morgan fingerprint density at radius 2 is 1.71 bits per heavy atom. The molecular weight excluding hydrogens is 297 g/mol. The fourth-order valence-corrected chi connectivity index (χ4v) is 1.58. The van der Waals surface area contributed by atoms with Crippen LogP contribution in [0.4, 0.5) is 24.7 Å². The minimum Gasteiger partial charge on any atom is -0.338 e. The lowest BCUT2D eigenvalue weighted by Crippen LogP contribution is -1.98. The van der Waals surface area contributed by atoms with Crippen molar-refractivity contribution in [1.82, 2.24) is 4.98 Å². The van der Waals surface area contributed by atoms with Gasteiger partial charge in [0.25, 0.3) is 0 Å². The molecule has 0 saturated heterocycles. The minimum absolute atomic E-state index is 0.172. The Balaban J connectivity index is 2.33. The van der Waals surface area contributed by atoms with Crippen molar-refractivity contribution < 1.29 is 13.2 Å². The summed E-state index contributed by atoms with van der Waals surface area (Å²) in [5, 5.41) is 2.56. The van der Waals surface area contributed by atoms with Crippen LogP contribution < -0.4 is 5.32 Å². The van der Waals surface area contributed by atoms with Gasteiger partial charge in [-0.05, 0) is 28.1 Å². The molecule has 0 radical (unpaired) electrons. The van der Waals surface area contributed by atoms with Crippen LogP contribution in [-0.4, -0.2) is 4.98 Å². The van der Waals surface area contributed by atoms with Crippen LogP contribution in [0.25, 0.3) is 0 Å². The summed E-state index contributed by atoms with van der Waals surface area (Å²) in [4.78, 5) is 3.98. The van der Waals surface area contributed by atoms with E-state index in [1.54, 1.807) is 18.2 Å². The third-order valence-electron chi connectivity index (χ3n) is 1.99. The maximum absolute atomic E-state index is 13.3. The van der Waals surface area contributed by atoms with Gasteiger partial charge in [-0.2, -0.15) is 0 Å². The molecule has 0 bridgehead atoms. The van der Waals surface area contributed by atoms with Crippen LogP contribution in [0.3, 0.4) is 0 Å². The highest BCUT2D eigenvalue weighted by Crippen LogP contribution is 2.22. The molecule has 17 heavy (non-hydrogen) atoms. The number of nitrogens with one attached hydrogen (secondary N) is 1. The van der Waals surface area contributed by atoms with Crippen molar-refractivity contribution in [1.29, 1.82) is 0 Å². The molecule has 0 aliphatic heterocycles.